The number of aliphatic hydroxyl groups excluding tert-OH is 1. The third-order valence-electron chi connectivity index (χ3n) is 4.22. The molecule has 2 N–H and O–H groups in total. The summed E-state index contributed by atoms with van der Waals surface area (Å²) < 4.78 is 0. The minimum atomic E-state index is -0.766. The van der Waals surface area contributed by atoms with Crippen LogP contribution in [0.25, 0.3) is 0 Å². The molecule has 1 aromatic rings. The Morgan fingerprint density at radius 2 is 1.84 bits per heavy atom. The van der Waals surface area contributed by atoms with Gasteiger partial charge in [0.05, 0.1) is 11.7 Å². The van der Waals surface area contributed by atoms with Crippen molar-refractivity contribution < 1.29 is 10.2 Å². The van der Waals surface area contributed by atoms with Crippen molar-refractivity contribution in [3.63, 3.8) is 0 Å². The van der Waals surface area contributed by atoms with Crippen LogP contribution in [-0.4, -0.2) is 21.9 Å². The van der Waals surface area contributed by atoms with E-state index in [1.807, 2.05) is 39.0 Å². The van der Waals surface area contributed by atoms with Gasteiger partial charge < -0.3 is 10.2 Å². The van der Waals surface area contributed by atoms with Crippen molar-refractivity contribution in [3.8, 4) is 0 Å². The molecule has 0 spiro atoms. The molecule has 2 heteroatoms. The molecule has 0 heterocycles. The summed E-state index contributed by atoms with van der Waals surface area (Å²) in [7, 11) is 0. The van der Waals surface area contributed by atoms with Crippen molar-refractivity contribution >= 4 is 0 Å². The second kappa shape index (κ2) is 5.48. The third kappa shape index (κ3) is 3.46. The van der Waals surface area contributed by atoms with Crippen molar-refractivity contribution in [2.24, 2.45) is 11.8 Å². The van der Waals surface area contributed by atoms with E-state index in [0.717, 1.165) is 12.0 Å². The zero-order chi connectivity index (χ0) is 14.0. The number of hydrogen-bond acceptors (Lipinski definition) is 2. The maximum atomic E-state index is 10.4. The van der Waals surface area contributed by atoms with Gasteiger partial charge in [-0.05, 0) is 56.6 Å². The van der Waals surface area contributed by atoms with Crippen molar-refractivity contribution in [2.75, 3.05) is 0 Å². The van der Waals surface area contributed by atoms with E-state index in [0.29, 0.717) is 6.42 Å². The largest absolute Gasteiger partial charge is 0.390 e. The molecule has 1 aliphatic rings. The maximum Gasteiger partial charge on any atom is 0.0751 e. The zero-order valence-electron chi connectivity index (χ0n) is 12.0. The topological polar surface area (TPSA) is 40.5 Å². The molecule has 104 valence electrons. The molecule has 2 rings (SSSR count). The first kappa shape index (κ1) is 14.3. The fraction of sp³-hybridized carbons (Fsp3) is 0.529. The van der Waals surface area contributed by atoms with Crippen LogP contribution < -0.4 is 0 Å². The van der Waals surface area contributed by atoms with Crippen LogP contribution in [-0.2, 0) is 6.42 Å². The van der Waals surface area contributed by atoms with Crippen LogP contribution in [0.3, 0.4) is 0 Å². The van der Waals surface area contributed by atoms with Crippen LogP contribution in [0.4, 0.5) is 0 Å². The molecule has 3 atom stereocenters. The van der Waals surface area contributed by atoms with Gasteiger partial charge in [0.25, 0.3) is 0 Å². The van der Waals surface area contributed by atoms with E-state index in [1.54, 1.807) is 0 Å². The Bertz CT molecular complexity index is 442. The summed E-state index contributed by atoms with van der Waals surface area (Å²) in [6, 6.07) is 10.3. The number of hydrogen-bond donors (Lipinski definition) is 2. The summed E-state index contributed by atoms with van der Waals surface area (Å²) in [5, 5.41) is 20.4. The molecule has 0 bridgehead atoms. The molecule has 0 saturated carbocycles. The van der Waals surface area contributed by atoms with E-state index in [2.05, 4.69) is 18.2 Å². The van der Waals surface area contributed by atoms with Gasteiger partial charge in [0.1, 0.15) is 0 Å². The minimum absolute atomic E-state index is 0.0893. The van der Waals surface area contributed by atoms with E-state index < -0.39 is 11.7 Å². The molecule has 0 radical (unpaired) electrons. The highest BCUT2D eigenvalue weighted by molar-refractivity contribution is 5.21. The van der Waals surface area contributed by atoms with Gasteiger partial charge in [-0.25, -0.2) is 0 Å². The minimum Gasteiger partial charge on any atom is -0.390 e. The lowest BCUT2D eigenvalue weighted by Gasteiger charge is -2.40. The summed E-state index contributed by atoms with van der Waals surface area (Å²) in [6.45, 7) is 5.66. The van der Waals surface area contributed by atoms with E-state index in [-0.39, 0.29) is 11.8 Å². The first-order chi connectivity index (χ1) is 8.88. The Morgan fingerprint density at radius 1 is 1.21 bits per heavy atom. The van der Waals surface area contributed by atoms with Gasteiger partial charge in [0.15, 0.2) is 0 Å². The highest BCUT2D eigenvalue weighted by atomic mass is 16.3. The van der Waals surface area contributed by atoms with Crippen molar-refractivity contribution in [2.45, 2.75) is 45.3 Å². The lowest BCUT2D eigenvalue weighted by atomic mass is 9.70. The average molecular weight is 260 g/mol. The Kier molecular flexibility index (Phi) is 4.12. The van der Waals surface area contributed by atoms with Crippen LogP contribution in [0.5, 0.6) is 0 Å². The van der Waals surface area contributed by atoms with Crippen LogP contribution in [0.1, 0.15) is 32.8 Å². The van der Waals surface area contributed by atoms with Gasteiger partial charge in [0.2, 0.25) is 0 Å². The van der Waals surface area contributed by atoms with Crippen LogP contribution in [0.15, 0.2) is 42.0 Å². The molecule has 0 aliphatic heterocycles. The van der Waals surface area contributed by atoms with E-state index >= 15 is 0 Å². The molecule has 0 fully saturated rings. The first-order valence-electron chi connectivity index (χ1n) is 7.00. The van der Waals surface area contributed by atoms with Gasteiger partial charge in [-0.3, -0.25) is 0 Å². The number of aliphatic hydroxyl groups is 2. The van der Waals surface area contributed by atoms with Gasteiger partial charge in [-0.15, -0.1) is 0 Å². The monoisotopic (exact) mass is 260 g/mol. The second-order valence-electron chi connectivity index (χ2n) is 6.28. The molecule has 1 aliphatic carbocycles. The lowest BCUT2D eigenvalue weighted by Crippen LogP contribution is -2.41. The SMILES string of the molecule is CC1=C[C@@H](Cc2ccccc2)[C@@H](C(C)(C)O)C[C@@H]1O. The van der Waals surface area contributed by atoms with Gasteiger partial charge >= 0.3 is 0 Å². The third-order valence-corrected chi connectivity index (χ3v) is 4.22. The predicted octanol–water partition coefficient (Wildman–Crippen LogP) is 2.94. The van der Waals surface area contributed by atoms with E-state index in [9.17, 15) is 10.2 Å². The predicted molar refractivity (Wildman–Crippen MR) is 77.8 cm³/mol. The Hall–Kier alpha value is -1.12. The van der Waals surface area contributed by atoms with E-state index in [1.165, 1.54) is 5.56 Å². The average Bonchev–Trinajstić information content (AvgIpc) is 2.33. The van der Waals surface area contributed by atoms with Gasteiger partial charge in [0, 0.05) is 0 Å². The first-order valence-corrected chi connectivity index (χ1v) is 7.00. The summed E-state index contributed by atoms with van der Waals surface area (Å²) in [5.41, 5.74) is 1.54. The van der Waals surface area contributed by atoms with Crippen molar-refractivity contribution in [3.05, 3.63) is 47.5 Å². The van der Waals surface area contributed by atoms with Crippen LogP contribution >= 0.6 is 0 Å². The van der Waals surface area contributed by atoms with Crippen LogP contribution in [0.2, 0.25) is 0 Å². The fourth-order valence-electron chi connectivity index (χ4n) is 3.07. The standard InChI is InChI=1S/C17H24O2/c1-12-9-14(10-13-7-5-4-6-8-13)15(11-16(12)18)17(2,3)19/h4-9,14-16,18-19H,10-11H2,1-3H3/t14-,15-,16-/m0/s1. The van der Waals surface area contributed by atoms with Crippen LogP contribution in [0, 0.1) is 11.8 Å². The highest BCUT2D eigenvalue weighted by Crippen LogP contribution is 2.38. The fourth-order valence-corrected chi connectivity index (χ4v) is 3.07. The molecule has 19 heavy (non-hydrogen) atoms. The molecule has 0 amide bonds. The molecular formula is C17H24O2. The lowest BCUT2D eigenvalue weighted by molar-refractivity contribution is -0.0264. The molecule has 0 saturated heterocycles. The normalized spacial score (nSPS) is 28.1. The van der Waals surface area contributed by atoms with Crippen molar-refractivity contribution in [1.29, 1.82) is 0 Å². The van der Waals surface area contributed by atoms with E-state index in [4.69, 9.17) is 0 Å². The second-order valence-corrected chi connectivity index (χ2v) is 6.28. The maximum absolute atomic E-state index is 10.4. The Labute approximate surface area is 115 Å². The molecule has 1 aromatic carbocycles. The molecular weight excluding hydrogens is 236 g/mol. The summed E-state index contributed by atoms with van der Waals surface area (Å²) >= 11 is 0. The highest BCUT2D eigenvalue weighted by Gasteiger charge is 2.37. The summed E-state index contributed by atoms with van der Waals surface area (Å²) in [5.74, 6) is 0.372. The number of allylic oxidation sites excluding steroid dienone is 1. The van der Waals surface area contributed by atoms with Crippen molar-refractivity contribution in [1.82, 2.24) is 0 Å². The number of benzene rings is 1. The summed E-state index contributed by atoms with van der Waals surface area (Å²) in [6.07, 6.45) is 3.29. The van der Waals surface area contributed by atoms with Gasteiger partial charge in [-0.1, -0.05) is 36.4 Å². The Balaban J connectivity index is 2.23. The quantitative estimate of drug-likeness (QED) is 0.820. The molecule has 0 aromatic heterocycles. The zero-order valence-corrected chi connectivity index (χ0v) is 12.0. The Morgan fingerprint density at radius 3 is 2.42 bits per heavy atom. The smallest absolute Gasteiger partial charge is 0.0751 e. The summed E-state index contributed by atoms with van der Waals surface area (Å²) in [4.78, 5) is 0. The molecule has 2 nitrogen and oxygen atoms in total. The number of rotatable bonds is 3. The van der Waals surface area contributed by atoms with Gasteiger partial charge in [-0.2, -0.15) is 0 Å². The molecule has 0 unspecified atom stereocenters.